The third kappa shape index (κ3) is 3.61. The second-order valence-corrected chi connectivity index (χ2v) is 4.87. The largest absolute Gasteiger partial charge is 0.573 e. The summed E-state index contributed by atoms with van der Waals surface area (Å²) in [4.78, 5) is 9.97. The third-order valence-corrected chi connectivity index (χ3v) is 3.46. The average molecular weight is 352 g/mol. The Morgan fingerprint density at radius 3 is 2.41 bits per heavy atom. The Morgan fingerprint density at radius 2 is 1.82 bits per heavy atom. The molecule has 0 amide bonds. The number of nitro groups is 1. The van der Waals surface area contributed by atoms with Crippen LogP contribution in [0.15, 0.2) is 36.4 Å². The first-order valence-corrected chi connectivity index (χ1v) is 6.43. The second kappa shape index (κ2) is 6.02. The van der Waals surface area contributed by atoms with Crippen LogP contribution < -0.4 is 4.74 Å². The molecule has 0 radical (unpaired) electrons. The Balaban J connectivity index is 2.55. The first-order chi connectivity index (χ1) is 10.2. The maximum absolute atomic E-state index is 12.2. The fourth-order valence-corrected chi connectivity index (χ4v) is 2.17. The lowest BCUT2D eigenvalue weighted by atomic mass is 10.0. The number of nitrogens with zero attached hydrogens (tertiary/aromatic N) is 1. The molecule has 0 aliphatic rings. The van der Waals surface area contributed by atoms with E-state index in [1.165, 1.54) is 18.2 Å². The van der Waals surface area contributed by atoms with Gasteiger partial charge in [0, 0.05) is 11.6 Å². The van der Waals surface area contributed by atoms with Crippen molar-refractivity contribution in [1.29, 1.82) is 0 Å². The molecule has 4 nitrogen and oxygen atoms in total. The zero-order valence-corrected chi connectivity index (χ0v) is 12.0. The van der Waals surface area contributed by atoms with E-state index in [4.69, 9.17) is 23.2 Å². The first kappa shape index (κ1) is 16.4. The highest BCUT2D eigenvalue weighted by Crippen LogP contribution is 2.39. The summed E-state index contributed by atoms with van der Waals surface area (Å²) in [6.07, 6.45) is -5.03. The molecule has 2 rings (SSSR count). The number of alkyl halides is 3. The molecule has 0 saturated heterocycles. The van der Waals surface area contributed by atoms with Crippen molar-refractivity contribution in [3.8, 4) is 16.9 Å². The molecule has 0 saturated carbocycles. The standard InChI is InChI=1S/C13H6Cl2F3NO3/c14-9-3-1-2-8(12(9)15)7-4-5-11(22-13(16,17)18)10(6-7)19(20)21/h1-6H. The average Bonchev–Trinajstić information content (AvgIpc) is 2.40. The van der Waals surface area contributed by atoms with E-state index in [-0.39, 0.29) is 15.6 Å². The summed E-state index contributed by atoms with van der Waals surface area (Å²) in [5.41, 5.74) is -0.226. The number of halogens is 5. The molecule has 0 atom stereocenters. The Hall–Kier alpha value is -1.99. The zero-order valence-electron chi connectivity index (χ0n) is 10.5. The van der Waals surface area contributed by atoms with Gasteiger partial charge in [-0.05, 0) is 17.7 Å². The molecule has 0 aliphatic heterocycles. The minimum atomic E-state index is -5.03. The molecule has 0 spiro atoms. The van der Waals surface area contributed by atoms with Crippen molar-refractivity contribution in [2.45, 2.75) is 6.36 Å². The number of ether oxygens (including phenoxy) is 1. The van der Waals surface area contributed by atoms with E-state index in [2.05, 4.69) is 4.74 Å². The Labute approximate surface area is 132 Å². The summed E-state index contributed by atoms with van der Waals surface area (Å²) in [5.74, 6) is -0.903. The normalized spacial score (nSPS) is 11.3. The summed E-state index contributed by atoms with van der Waals surface area (Å²) in [7, 11) is 0. The van der Waals surface area contributed by atoms with Crippen LogP contribution in [-0.4, -0.2) is 11.3 Å². The highest BCUT2D eigenvalue weighted by atomic mass is 35.5. The van der Waals surface area contributed by atoms with Gasteiger partial charge in [0.2, 0.25) is 5.75 Å². The topological polar surface area (TPSA) is 52.4 Å². The maximum atomic E-state index is 12.2. The van der Waals surface area contributed by atoms with Crippen LogP contribution in [-0.2, 0) is 0 Å². The fraction of sp³-hybridized carbons (Fsp3) is 0.0769. The molecule has 0 fully saturated rings. The molecule has 2 aromatic rings. The van der Waals surface area contributed by atoms with Crippen molar-refractivity contribution in [2.75, 3.05) is 0 Å². The monoisotopic (exact) mass is 351 g/mol. The number of hydrogen-bond acceptors (Lipinski definition) is 3. The molecule has 0 N–H and O–H groups in total. The first-order valence-electron chi connectivity index (χ1n) is 5.67. The van der Waals surface area contributed by atoms with Crippen molar-refractivity contribution in [2.24, 2.45) is 0 Å². The molecule has 0 bridgehead atoms. The molecular formula is C13H6Cl2F3NO3. The molecular weight excluding hydrogens is 346 g/mol. The zero-order chi connectivity index (χ0) is 16.5. The summed E-state index contributed by atoms with van der Waals surface area (Å²) < 4.78 is 40.4. The van der Waals surface area contributed by atoms with E-state index in [9.17, 15) is 23.3 Å². The molecule has 9 heteroatoms. The minimum absolute atomic E-state index is 0.142. The van der Waals surface area contributed by atoms with Gasteiger partial charge in [0.1, 0.15) is 0 Å². The van der Waals surface area contributed by atoms with Gasteiger partial charge in [-0.15, -0.1) is 13.2 Å². The predicted octanol–water partition coefficient (Wildman–Crippen LogP) is 5.47. The predicted molar refractivity (Wildman–Crippen MR) is 75.2 cm³/mol. The van der Waals surface area contributed by atoms with Gasteiger partial charge in [0.15, 0.2) is 0 Å². The van der Waals surface area contributed by atoms with Gasteiger partial charge in [-0.3, -0.25) is 10.1 Å². The number of nitro benzene ring substituents is 1. The SMILES string of the molecule is O=[N+]([O-])c1cc(-c2cccc(Cl)c2Cl)ccc1OC(F)(F)F. The van der Waals surface area contributed by atoms with Crippen LogP contribution in [0.2, 0.25) is 10.0 Å². The van der Waals surface area contributed by atoms with Crippen LogP contribution in [0.3, 0.4) is 0 Å². The minimum Gasteiger partial charge on any atom is -0.398 e. The summed E-state index contributed by atoms with van der Waals surface area (Å²) in [6, 6.07) is 7.65. The van der Waals surface area contributed by atoms with E-state index in [1.54, 1.807) is 6.07 Å². The molecule has 0 unspecified atom stereocenters. The second-order valence-electron chi connectivity index (χ2n) is 4.09. The third-order valence-electron chi connectivity index (χ3n) is 2.64. The van der Waals surface area contributed by atoms with Crippen molar-refractivity contribution < 1.29 is 22.8 Å². The molecule has 116 valence electrons. The fourth-order valence-electron chi connectivity index (χ4n) is 1.77. The van der Waals surface area contributed by atoms with Gasteiger partial charge in [-0.2, -0.15) is 0 Å². The van der Waals surface area contributed by atoms with Gasteiger partial charge in [0.05, 0.1) is 15.0 Å². The molecule has 0 heterocycles. The Bertz CT molecular complexity index is 735. The van der Waals surface area contributed by atoms with Crippen LogP contribution in [0.5, 0.6) is 5.75 Å². The molecule has 22 heavy (non-hydrogen) atoms. The van der Waals surface area contributed by atoms with Crippen LogP contribution in [0.25, 0.3) is 11.1 Å². The maximum Gasteiger partial charge on any atom is 0.573 e. The summed E-state index contributed by atoms with van der Waals surface area (Å²) in [5, 5.41) is 11.3. The van der Waals surface area contributed by atoms with Crippen LogP contribution in [0.1, 0.15) is 0 Å². The smallest absolute Gasteiger partial charge is 0.398 e. The van der Waals surface area contributed by atoms with Gasteiger partial charge < -0.3 is 4.74 Å². The molecule has 0 aromatic heterocycles. The van der Waals surface area contributed by atoms with Gasteiger partial charge in [0.25, 0.3) is 0 Å². The lowest BCUT2D eigenvalue weighted by Gasteiger charge is -2.11. The van der Waals surface area contributed by atoms with E-state index in [0.717, 1.165) is 12.1 Å². The van der Waals surface area contributed by atoms with E-state index < -0.39 is 22.7 Å². The van der Waals surface area contributed by atoms with Gasteiger partial charge in [-0.25, -0.2) is 0 Å². The highest BCUT2D eigenvalue weighted by Gasteiger charge is 2.34. The van der Waals surface area contributed by atoms with Gasteiger partial charge >= 0.3 is 12.0 Å². The lowest BCUT2D eigenvalue weighted by molar-refractivity contribution is -0.388. The summed E-state index contributed by atoms with van der Waals surface area (Å²) in [6.45, 7) is 0. The van der Waals surface area contributed by atoms with Crippen LogP contribution >= 0.6 is 23.2 Å². The van der Waals surface area contributed by atoms with E-state index in [1.807, 2.05) is 0 Å². The lowest BCUT2D eigenvalue weighted by Crippen LogP contribution is -2.17. The Morgan fingerprint density at radius 1 is 1.14 bits per heavy atom. The van der Waals surface area contributed by atoms with Crippen LogP contribution in [0.4, 0.5) is 18.9 Å². The van der Waals surface area contributed by atoms with Crippen LogP contribution in [0, 0.1) is 10.1 Å². The number of benzene rings is 2. The quantitative estimate of drug-likeness (QED) is 0.544. The van der Waals surface area contributed by atoms with Crippen molar-refractivity contribution in [3.63, 3.8) is 0 Å². The molecule has 0 aliphatic carbocycles. The number of rotatable bonds is 3. The Kier molecular flexibility index (Phi) is 4.48. The van der Waals surface area contributed by atoms with E-state index in [0.29, 0.717) is 5.56 Å². The van der Waals surface area contributed by atoms with E-state index >= 15 is 0 Å². The number of hydrogen-bond donors (Lipinski definition) is 0. The summed E-state index contributed by atoms with van der Waals surface area (Å²) >= 11 is 11.8. The van der Waals surface area contributed by atoms with Crippen molar-refractivity contribution >= 4 is 28.9 Å². The molecule has 2 aromatic carbocycles. The van der Waals surface area contributed by atoms with Gasteiger partial charge in [-0.1, -0.05) is 41.4 Å². The van der Waals surface area contributed by atoms with Crippen molar-refractivity contribution in [1.82, 2.24) is 0 Å². The van der Waals surface area contributed by atoms with Crippen molar-refractivity contribution in [3.05, 3.63) is 56.6 Å². The highest BCUT2D eigenvalue weighted by molar-refractivity contribution is 6.43.